The molecular weight excluding hydrogens is 394 g/mol. The van der Waals surface area contributed by atoms with E-state index in [1.807, 2.05) is 0 Å². The van der Waals surface area contributed by atoms with Crippen molar-refractivity contribution in [1.29, 1.82) is 0 Å². The molecule has 1 saturated carbocycles. The van der Waals surface area contributed by atoms with Gasteiger partial charge in [0.15, 0.2) is 0 Å². The van der Waals surface area contributed by atoms with Crippen molar-refractivity contribution in [3.63, 3.8) is 0 Å². The van der Waals surface area contributed by atoms with Gasteiger partial charge in [0.25, 0.3) is 0 Å². The van der Waals surface area contributed by atoms with Crippen molar-refractivity contribution in [2.45, 2.75) is 70.0 Å². The van der Waals surface area contributed by atoms with Crippen molar-refractivity contribution in [3.8, 4) is 0 Å². The normalized spacial score (nSPS) is 20.7. The molecular formula is C27H35N5. The summed E-state index contributed by atoms with van der Waals surface area (Å²) >= 11 is 0. The fourth-order valence-corrected chi connectivity index (χ4v) is 5.33. The molecule has 32 heavy (non-hydrogen) atoms. The average molecular weight is 430 g/mol. The van der Waals surface area contributed by atoms with E-state index in [0.29, 0.717) is 12.1 Å². The molecule has 2 aliphatic carbocycles. The molecule has 5 rings (SSSR count). The zero-order valence-electron chi connectivity index (χ0n) is 19.4. The predicted molar refractivity (Wildman–Crippen MR) is 133 cm³/mol. The molecule has 0 bridgehead atoms. The molecule has 2 aromatic carbocycles. The molecule has 3 aromatic rings. The summed E-state index contributed by atoms with van der Waals surface area (Å²) in [6.45, 7) is 0.935. The minimum absolute atomic E-state index is 0.460. The van der Waals surface area contributed by atoms with Gasteiger partial charge < -0.3 is 15.5 Å². The summed E-state index contributed by atoms with van der Waals surface area (Å²) in [5.74, 6) is 1.92. The number of hydrogen-bond acceptors (Lipinski definition) is 5. The number of benzene rings is 2. The standard InChI is InChI=1S/C27H35N5/c1-32(2)26-24-12-5-6-13-25(24)30-27(31-26)29-22-16-14-21(15-17-22)28-18-20-10-7-9-19-8-3-4-11-23(19)20/h3-4,7-11,21-22,28H,5-6,12-18H2,1-2H3,(H,29,30,31). The number of hydrogen-bond donors (Lipinski definition) is 2. The molecule has 5 heteroatoms. The fraction of sp³-hybridized carbons (Fsp3) is 0.481. The van der Waals surface area contributed by atoms with Crippen molar-refractivity contribution < 1.29 is 0 Å². The van der Waals surface area contributed by atoms with E-state index in [9.17, 15) is 0 Å². The second-order valence-corrected chi connectivity index (χ2v) is 9.61. The first-order valence-corrected chi connectivity index (χ1v) is 12.2. The first-order valence-electron chi connectivity index (χ1n) is 12.2. The van der Waals surface area contributed by atoms with Crippen molar-refractivity contribution >= 4 is 22.5 Å². The van der Waals surface area contributed by atoms with Crippen LogP contribution in [0.5, 0.6) is 0 Å². The lowest BCUT2D eigenvalue weighted by molar-refractivity contribution is 0.352. The number of nitrogens with zero attached hydrogens (tertiary/aromatic N) is 3. The summed E-state index contributed by atoms with van der Waals surface area (Å²) in [6, 6.07) is 16.3. The van der Waals surface area contributed by atoms with Gasteiger partial charge in [0.05, 0.1) is 5.69 Å². The summed E-state index contributed by atoms with van der Waals surface area (Å²) in [5, 5.41) is 10.2. The van der Waals surface area contributed by atoms with Gasteiger partial charge >= 0.3 is 0 Å². The molecule has 0 aliphatic heterocycles. The number of anilines is 2. The van der Waals surface area contributed by atoms with Crippen LogP contribution >= 0.6 is 0 Å². The van der Waals surface area contributed by atoms with Crippen molar-refractivity contribution in [1.82, 2.24) is 15.3 Å². The molecule has 0 amide bonds. The quantitative estimate of drug-likeness (QED) is 0.572. The lowest BCUT2D eigenvalue weighted by Gasteiger charge is -2.31. The first-order chi connectivity index (χ1) is 15.7. The van der Waals surface area contributed by atoms with Crippen molar-refractivity contribution in [2.24, 2.45) is 0 Å². The molecule has 1 fully saturated rings. The van der Waals surface area contributed by atoms with Crippen LogP contribution in [0.25, 0.3) is 10.8 Å². The zero-order valence-corrected chi connectivity index (χ0v) is 19.4. The Labute approximate surface area is 191 Å². The van der Waals surface area contributed by atoms with E-state index < -0.39 is 0 Å². The maximum atomic E-state index is 4.91. The minimum atomic E-state index is 0.460. The van der Waals surface area contributed by atoms with Crippen LogP contribution in [0.4, 0.5) is 11.8 Å². The Kier molecular flexibility index (Phi) is 6.26. The third-order valence-electron chi connectivity index (χ3n) is 7.11. The van der Waals surface area contributed by atoms with E-state index in [4.69, 9.17) is 9.97 Å². The Hall–Kier alpha value is -2.66. The van der Waals surface area contributed by atoms with E-state index in [-0.39, 0.29) is 0 Å². The summed E-state index contributed by atoms with van der Waals surface area (Å²) < 4.78 is 0. The first kappa shape index (κ1) is 21.2. The average Bonchev–Trinajstić information content (AvgIpc) is 2.83. The van der Waals surface area contributed by atoms with Gasteiger partial charge in [0, 0.05) is 38.3 Å². The Balaban J connectivity index is 1.18. The number of nitrogens with one attached hydrogen (secondary N) is 2. The highest BCUT2D eigenvalue weighted by Crippen LogP contribution is 2.29. The molecule has 0 spiro atoms. The highest BCUT2D eigenvalue weighted by Gasteiger charge is 2.24. The molecule has 0 radical (unpaired) electrons. The van der Waals surface area contributed by atoms with Crippen LogP contribution in [0.1, 0.15) is 55.3 Å². The van der Waals surface area contributed by atoms with E-state index in [1.165, 1.54) is 53.3 Å². The van der Waals surface area contributed by atoms with E-state index in [0.717, 1.165) is 44.0 Å². The van der Waals surface area contributed by atoms with Crippen LogP contribution in [-0.2, 0) is 19.4 Å². The summed E-state index contributed by atoms with van der Waals surface area (Å²) in [7, 11) is 4.18. The van der Waals surface area contributed by atoms with Crippen LogP contribution in [0.2, 0.25) is 0 Å². The molecule has 0 atom stereocenters. The monoisotopic (exact) mass is 429 g/mol. The predicted octanol–water partition coefficient (Wildman–Crippen LogP) is 5.09. The van der Waals surface area contributed by atoms with Crippen molar-refractivity contribution in [2.75, 3.05) is 24.3 Å². The molecule has 2 N–H and O–H groups in total. The maximum Gasteiger partial charge on any atom is 0.225 e. The third kappa shape index (κ3) is 4.58. The highest BCUT2D eigenvalue weighted by atomic mass is 15.2. The highest BCUT2D eigenvalue weighted by molar-refractivity contribution is 5.85. The topological polar surface area (TPSA) is 53.1 Å². The zero-order chi connectivity index (χ0) is 21.9. The van der Waals surface area contributed by atoms with E-state index in [2.05, 4.69) is 72.1 Å². The van der Waals surface area contributed by atoms with Crippen LogP contribution in [0.15, 0.2) is 42.5 Å². The van der Waals surface area contributed by atoms with Gasteiger partial charge in [-0.1, -0.05) is 42.5 Å². The van der Waals surface area contributed by atoms with Gasteiger partial charge in [-0.2, -0.15) is 4.98 Å². The van der Waals surface area contributed by atoms with Gasteiger partial charge in [-0.25, -0.2) is 4.98 Å². The fourth-order valence-electron chi connectivity index (χ4n) is 5.33. The Morgan fingerprint density at radius 3 is 2.47 bits per heavy atom. The summed E-state index contributed by atoms with van der Waals surface area (Å²) in [6.07, 6.45) is 9.37. The molecule has 1 heterocycles. The van der Waals surface area contributed by atoms with Gasteiger partial charge in [-0.3, -0.25) is 0 Å². The SMILES string of the molecule is CN(C)c1nc(NC2CCC(NCc3cccc4ccccc34)CC2)nc2c1CCCC2. The molecule has 0 saturated heterocycles. The third-order valence-corrected chi connectivity index (χ3v) is 7.11. The van der Waals surface area contributed by atoms with Gasteiger partial charge in [-0.05, 0) is 67.7 Å². The van der Waals surface area contributed by atoms with Crippen molar-refractivity contribution in [3.05, 3.63) is 59.3 Å². The van der Waals surface area contributed by atoms with Crippen LogP contribution < -0.4 is 15.5 Å². The second-order valence-electron chi connectivity index (χ2n) is 9.61. The van der Waals surface area contributed by atoms with Crippen LogP contribution in [0, 0.1) is 0 Å². The number of fused-ring (bicyclic) bond motifs is 2. The van der Waals surface area contributed by atoms with Gasteiger partial charge in [0.1, 0.15) is 5.82 Å². The number of aryl methyl sites for hydroxylation is 1. The summed E-state index contributed by atoms with van der Waals surface area (Å²) in [5.41, 5.74) is 4.00. The molecule has 2 aliphatic rings. The lowest BCUT2D eigenvalue weighted by atomic mass is 9.91. The Bertz CT molecular complexity index is 1060. The molecule has 168 valence electrons. The van der Waals surface area contributed by atoms with Gasteiger partial charge in [-0.15, -0.1) is 0 Å². The number of rotatable bonds is 6. The summed E-state index contributed by atoms with van der Waals surface area (Å²) in [4.78, 5) is 11.9. The van der Waals surface area contributed by atoms with E-state index in [1.54, 1.807) is 0 Å². The molecule has 1 aromatic heterocycles. The lowest BCUT2D eigenvalue weighted by Crippen LogP contribution is -2.37. The largest absolute Gasteiger partial charge is 0.362 e. The Morgan fingerprint density at radius 1 is 0.875 bits per heavy atom. The van der Waals surface area contributed by atoms with Crippen LogP contribution in [-0.4, -0.2) is 36.1 Å². The smallest absolute Gasteiger partial charge is 0.225 e. The number of aromatic nitrogens is 2. The molecule has 5 nitrogen and oxygen atoms in total. The second kappa shape index (κ2) is 9.45. The minimum Gasteiger partial charge on any atom is -0.362 e. The van der Waals surface area contributed by atoms with Gasteiger partial charge in [0.2, 0.25) is 5.95 Å². The Morgan fingerprint density at radius 2 is 1.62 bits per heavy atom. The maximum absolute atomic E-state index is 4.91. The van der Waals surface area contributed by atoms with Crippen LogP contribution in [0.3, 0.4) is 0 Å². The van der Waals surface area contributed by atoms with E-state index >= 15 is 0 Å². The molecule has 0 unspecified atom stereocenters.